The largest absolute Gasteiger partial charge is 0.369 e. The zero-order valence-corrected chi connectivity index (χ0v) is 17.3. The van der Waals surface area contributed by atoms with Crippen LogP contribution in [0.1, 0.15) is 48.8 Å². The Morgan fingerprint density at radius 1 is 0.931 bits per heavy atom. The minimum Gasteiger partial charge on any atom is -0.369 e. The van der Waals surface area contributed by atoms with Gasteiger partial charge in [-0.2, -0.15) is 0 Å². The average molecular weight is 389 g/mol. The molecule has 0 radical (unpaired) electrons. The van der Waals surface area contributed by atoms with Gasteiger partial charge in [0.1, 0.15) is 11.5 Å². The van der Waals surface area contributed by atoms with Gasteiger partial charge in [0.05, 0.1) is 12.4 Å². The topological polar surface area (TPSA) is 66.9 Å². The SMILES string of the molecule is CC(C)(C)c1ccc(NC(=O)c2cnc(NCCCc3ccccc3)cn2)cc1. The van der Waals surface area contributed by atoms with Gasteiger partial charge in [-0.25, -0.2) is 9.97 Å². The minimum absolute atomic E-state index is 0.0813. The van der Waals surface area contributed by atoms with Gasteiger partial charge in [-0.05, 0) is 41.5 Å². The lowest BCUT2D eigenvalue weighted by Crippen LogP contribution is -2.15. The van der Waals surface area contributed by atoms with Crippen LogP contribution in [-0.4, -0.2) is 22.4 Å². The van der Waals surface area contributed by atoms with Crippen molar-refractivity contribution in [3.05, 3.63) is 83.8 Å². The molecule has 0 saturated heterocycles. The molecule has 150 valence electrons. The van der Waals surface area contributed by atoms with Crippen molar-refractivity contribution in [1.29, 1.82) is 0 Å². The van der Waals surface area contributed by atoms with Gasteiger partial charge in [0, 0.05) is 12.2 Å². The minimum atomic E-state index is -0.267. The highest BCUT2D eigenvalue weighted by Crippen LogP contribution is 2.23. The number of nitrogens with zero attached hydrogens (tertiary/aromatic N) is 2. The molecule has 2 aromatic carbocycles. The Labute approximate surface area is 172 Å². The molecule has 0 aliphatic carbocycles. The summed E-state index contributed by atoms with van der Waals surface area (Å²) in [6, 6.07) is 18.3. The number of hydrogen-bond acceptors (Lipinski definition) is 4. The number of carbonyl (C=O) groups excluding carboxylic acids is 1. The van der Waals surface area contributed by atoms with E-state index in [-0.39, 0.29) is 11.3 Å². The maximum absolute atomic E-state index is 12.4. The van der Waals surface area contributed by atoms with Crippen molar-refractivity contribution in [3.8, 4) is 0 Å². The lowest BCUT2D eigenvalue weighted by molar-refractivity contribution is 0.102. The van der Waals surface area contributed by atoms with E-state index in [1.54, 1.807) is 6.20 Å². The van der Waals surface area contributed by atoms with E-state index in [1.807, 2.05) is 30.3 Å². The van der Waals surface area contributed by atoms with E-state index in [0.717, 1.165) is 25.1 Å². The van der Waals surface area contributed by atoms with Crippen LogP contribution in [0.2, 0.25) is 0 Å². The summed E-state index contributed by atoms with van der Waals surface area (Å²) in [5.41, 5.74) is 3.66. The second-order valence-electron chi connectivity index (χ2n) is 8.08. The molecule has 0 fully saturated rings. The van der Waals surface area contributed by atoms with Crippen LogP contribution < -0.4 is 10.6 Å². The van der Waals surface area contributed by atoms with E-state index < -0.39 is 0 Å². The van der Waals surface area contributed by atoms with Crippen LogP contribution in [0.5, 0.6) is 0 Å². The number of carbonyl (C=O) groups is 1. The highest BCUT2D eigenvalue weighted by atomic mass is 16.1. The molecule has 1 amide bonds. The average Bonchev–Trinajstić information content (AvgIpc) is 2.72. The number of amides is 1. The third kappa shape index (κ3) is 6.14. The first kappa shape index (κ1) is 20.5. The van der Waals surface area contributed by atoms with E-state index in [2.05, 4.69) is 65.6 Å². The predicted octanol–water partition coefficient (Wildman–Crippen LogP) is 5.07. The summed E-state index contributed by atoms with van der Waals surface area (Å²) in [5, 5.41) is 6.11. The van der Waals surface area contributed by atoms with Crippen LogP contribution in [0.3, 0.4) is 0 Å². The van der Waals surface area contributed by atoms with Crippen LogP contribution in [0.4, 0.5) is 11.5 Å². The van der Waals surface area contributed by atoms with Gasteiger partial charge in [-0.3, -0.25) is 4.79 Å². The van der Waals surface area contributed by atoms with Gasteiger partial charge in [0.2, 0.25) is 0 Å². The predicted molar refractivity (Wildman–Crippen MR) is 118 cm³/mol. The fourth-order valence-electron chi connectivity index (χ4n) is 2.94. The van der Waals surface area contributed by atoms with Gasteiger partial charge >= 0.3 is 0 Å². The Balaban J connectivity index is 1.48. The second kappa shape index (κ2) is 9.32. The number of hydrogen-bond donors (Lipinski definition) is 2. The molecule has 29 heavy (non-hydrogen) atoms. The Morgan fingerprint density at radius 3 is 2.28 bits per heavy atom. The molecule has 0 bridgehead atoms. The molecule has 3 rings (SSSR count). The lowest BCUT2D eigenvalue weighted by Gasteiger charge is -2.19. The Kier molecular flexibility index (Phi) is 6.60. The molecule has 0 aliphatic rings. The first-order valence-corrected chi connectivity index (χ1v) is 9.93. The molecule has 0 spiro atoms. The first-order valence-electron chi connectivity index (χ1n) is 9.93. The van der Waals surface area contributed by atoms with Crippen LogP contribution in [-0.2, 0) is 11.8 Å². The maximum atomic E-state index is 12.4. The van der Waals surface area contributed by atoms with Crippen LogP contribution >= 0.6 is 0 Å². The number of nitrogens with one attached hydrogen (secondary N) is 2. The summed E-state index contributed by atoms with van der Waals surface area (Å²) in [6.07, 6.45) is 5.10. The van der Waals surface area contributed by atoms with Crippen molar-refractivity contribution < 1.29 is 4.79 Å². The summed E-state index contributed by atoms with van der Waals surface area (Å²) < 4.78 is 0. The second-order valence-corrected chi connectivity index (χ2v) is 8.08. The van der Waals surface area contributed by atoms with Crippen molar-refractivity contribution in [3.63, 3.8) is 0 Å². The summed E-state index contributed by atoms with van der Waals surface area (Å²) >= 11 is 0. The summed E-state index contributed by atoms with van der Waals surface area (Å²) in [6.45, 7) is 7.28. The maximum Gasteiger partial charge on any atom is 0.275 e. The zero-order valence-electron chi connectivity index (χ0n) is 17.3. The fourth-order valence-corrected chi connectivity index (χ4v) is 2.94. The number of benzene rings is 2. The van der Waals surface area contributed by atoms with Gasteiger partial charge in [-0.15, -0.1) is 0 Å². The van der Waals surface area contributed by atoms with E-state index in [1.165, 1.54) is 17.3 Å². The van der Waals surface area contributed by atoms with Crippen molar-refractivity contribution in [2.75, 3.05) is 17.2 Å². The standard InChI is InChI=1S/C24H28N4O/c1-24(2,3)19-11-13-20(14-12-19)28-23(29)21-16-27-22(17-26-21)25-15-7-10-18-8-5-4-6-9-18/h4-6,8-9,11-14,16-17H,7,10,15H2,1-3H3,(H,25,27)(H,28,29). The Bertz CT molecular complexity index is 914. The molecular formula is C24H28N4O. The number of anilines is 2. The zero-order chi connectivity index (χ0) is 20.7. The van der Waals surface area contributed by atoms with Gasteiger partial charge in [0.25, 0.3) is 5.91 Å². The van der Waals surface area contributed by atoms with E-state index in [4.69, 9.17) is 0 Å². The van der Waals surface area contributed by atoms with E-state index >= 15 is 0 Å². The van der Waals surface area contributed by atoms with Gasteiger partial charge in [-0.1, -0.05) is 63.2 Å². The summed E-state index contributed by atoms with van der Waals surface area (Å²) in [5.74, 6) is 0.403. The van der Waals surface area contributed by atoms with Gasteiger partial charge < -0.3 is 10.6 Å². The first-order chi connectivity index (χ1) is 13.9. The third-order valence-electron chi connectivity index (χ3n) is 4.68. The summed E-state index contributed by atoms with van der Waals surface area (Å²) in [4.78, 5) is 20.9. The highest BCUT2D eigenvalue weighted by molar-refractivity contribution is 6.02. The van der Waals surface area contributed by atoms with Crippen molar-refractivity contribution >= 4 is 17.4 Å². The molecule has 1 aromatic heterocycles. The third-order valence-corrected chi connectivity index (χ3v) is 4.68. The fraction of sp³-hybridized carbons (Fsp3) is 0.292. The molecule has 0 saturated carbocycles. The molecule has 5 heteroatoms. The number of aromatic nitrogens is 2. The van der Waals surface area contributed by atoms with E-state index in [0.29, 0.717) is 11.5 Å². The summed E-state index contributed by atoms with van der Waals surface area (Å²) in [7, 11) is 0. The van der Waals surface area contributed by atoms with Crippen LogP contribution in [0.25, 0.3) is 0 Å². The molecule has 0 aliphatic heterocycles. The quantitative estimate of drug-likeness (QED) is 0.555. The molecule has 1 heterocycles. The number of aryl methyl sites for hydroxylation is 1. The normalized spacial score (nSPS) is 11.1. The molecule has 3 aromatic rings. The van der Waals surface area contributed by atoms with Crippen molar-refractivity contribution in [2.45, 2.75) is 39.0 Å². The molecule has 0 atom stereocenters. The smallest absolute Gasteiger partial charge is 0.275 e. The highest BCUT2D eigenvalue weighted by Gasteiger charge is 2.14. The van der Waals surface area contributed by atoms with Crippen LogP contribution in [0.15, 0.2) is 67.0 Å². The molecule has 2 N–H and O–H groups in total. The van der Waals surface area contributed by atoms with Gasteiger partial charge in [0.15, 0.2) is 0 Å². The monoisotopic (exact) mass is 388 g/mol. The van der Waals surface area contributed by atoms with E-state index in [9.17, 15) is 4.79 Å². The Morgan fingerprint density at radius 2 is 1.66 bits per heavy atom. The number of rotatable bonds is 7. The van der Waals surface area contributed by atoms with Crippen molar-refractivity contribution in [1.82, 2.24) is 9.97 Å². The van der Waals surface area contributed by atoms with Crippen LogP contribution in [0, 0.1) is 0 Å². The molecule has 0 unspecified atom stereocenters. The Hall–Kier alpha value is -3.21. The molecule has 5 nitrogen and oxygen atoms in total. The van der Waals surface area contributed by atoms with Crippen molar-refractivity contribution in [2.24, 2.45) is 0 Å². The lowest BCUT2D eigenvalue weighted by atomic mass is 9.87. The molecular weight excluding hydrogens is 360 g/mol.